The van der Waals surface area contributed by atoms with E-state index in [0.29, 0.717) is 0 Å². The van der Waals surface area contributed by atoms with Crippen LogP contribution in [0.15, 0.2) is 0 Å². The molecule has 0 spiro atoms. The molecule has 0 heterocycles. The highest BCUT2D eigenvalue weighted by Gasteiger charge is 1.88. The SMILES string of the molecule is CCOCCCCCCCN. The monoisotopic (exact) mass is 159 g/mol. The maximum Gasteiger partial charge on any atom is 0.0465 e. The van der Waals surface area contributed by atoms with Gasteiger partial charge in [0.15, 0.2) is 0 Å². The molecule has 0 aliphatic heterocycles. The average Bonchev–Trinajstić information content (AvgIpc) is 2.03. The smallest absolute Gasteiger partial charge is 0.0465 e. The van der Waals surface area contributed by atoms with Gasteiger partial charge in [-0.3, -0.25) is 0 Å². The summed E-state index contributed by atoms with van der Waals surface area (Å²) in [7, 11) is 0. The van der Waals surface area contributed by atoms with Crippen LogP contribution in [-0.4, -0.2) is 19.8 Å². The molecule has 0 aromatic heterocycles. The van der Waals surface area contributed by atoms with Crippen LogP contribution < -0.4 is 5.73 Å². The highest BCUT2D eigenvalue weighted by molar-refractivity contribution is 4.44. The van der Waals surface area contributed by atoms with E-state index in [-0.39, 0.29) is 0 Å². The van der Waals surface area contributed by atoms with E-state index in [2.05, 4.69) is 0 Å². The highest BCUT2D eigenvalue weighted by Crippen LogP contribution is 2.01. The van der Waals surface area contributed by atoms with Crippen molar-refractivity contribution in [1.29, 1.82) is 0 Å². The molecule has 0 saturated heterocycles. The molecule has 0 amide bonds. The van der Waals surface area contributed by atoms with Gasteiger partial charge in [0.25, 0.3) is 0 Å². The quantitative estimate of drug-likeness (QED) is 0.549. The Balaban J connectivity index is 2.69. The first-order valence-electron chi connectivity index (χ1n) is 4.69. The molecule has 11 heavy (non-hydrogen) atoms. The fourth-order valence-electron chi connectivity index (χ4n) is 1.02. The van der Waals surface area contributed by atoms with Crippen molar-refractivity contribution in [2.75, 3.05) is 19.8 Å². The fraction of sp³-hybridized carbons (Fsp3) is 1.00. The summed E-state index contributed by atoms with van der Waals surface area (Å²) in [5.74, 6) is 0. The van der Waals surface area contributed by atoms with Gasteiger partial charge in [0.2, 0.25) is 0 Å². The van der Waals surface area contributed by atoms with Crippen molar-refractivity contribution in [2.45, 2.75) is 39.0 Å². The first-order valence-corrected chi connectivity index (χ1v) is 4.69. The Labute approximate surface area is 70.1 Å². The van der Waals surface area contributed by atoms with Gasteiger partial charge >= 0.3 is 0 Å². The van der Waals surface area contributed by atoms with E-state index in [1.807, 2.05) is 6.92 Å². The molecule has 0 aliphatic rings. The summed E-state index contributed by atoms with van der Waals surface area (Å²) in [4.78, 5) is 0. The fourth-order valence-corrected chi connectivity index (χ4v) is 1.02. The molecule has 0 saturated carbocycles. The van der Waals surface area contributed by atoms with Gasteiger partial charge in [-0.2, -0.15) is 0 Å². The van der Waals surface area contributed by atoms with Crippen LogP contribution in [0.1, 0.15) is 39.0 Å². The molecule has 2 heteroatoms. The van der Waals surface area contributed by atoms with E-state index in [0.717, 1.165) is 19.8 Å². The van der Waals surface area contributed by atoms with Gasteiger partial charge in [-0.25, -0.2) is 0 Å². The molecular formula is C9H21NO. The Morgan fingerprint density at radius 1 is 1.00 bits per heavy atom. The van der Waals surface area contributed by atoms with Crippen LogP contribution in [-0.2, 0) is 4.74 Å². The van der Waals surface area contributed by atoms with Crippen molar-refractivity contribution in [1.82, 2.24) is 0 Å². The van der Waals surface area contributed by atoms with Crippen molar-refractivity contribution >= 4 is 0 Å². The predicted octanol–water partition coefficient (Wildman–Crippen LogP) is 1.93. The molecular weight excluding hydrogens is 138 g/mol. The van der Waals surface area contributed by atoms with Crippen LogP contribution in [0.25, 0.3) is 0 Å². The normalized spacial score (nSPS) is 10.4. The minimum Gasteiger partial charge on any atom is -0.382 e. The van der Waals surface area contributed by atoms with Crippen LogP contribution in [0.4, 0.5) is 0 Å². The molecule has 0 fully saturated rings. The Morgan fingerprint density at radius 3 is 2.27 bits per heavy atom. The lowest BCUT2D eigenvalue weighted by Gasteiger charge is -2.00. The Morgan fingerprint density at radius 2 is 1.64 bits per heavy atom. The standard InChI is InChI=1S/C9H21NO/c1-2-11-9-7-5-3-4-6-8-10/h2-10H2,1H3. The third kappa shape index (κ3) is 9.92. The zero-order valence-corrected chi connectivity index (χ0v) is 7.64. The van der Waals surface area contributed by atoms with E-state index in [1.54, 1.807) is 0 Å². The molecule has 0 radical (unpaired) electrons. The summed E-state index contributed by atoms with van der Waals surface area (Å²) in [6.07, 6.45) is 6.26. The Hall–Kier alpha value is -0.0800. The number of hydrogen-bond acceptors (Lipinski definition) is 2. The molecule has 0 aromatic rings. The van der Waals surface area contributed by atoms with Crippen molar-refractivity contribution in [3.05, 3.63) is 0 Å². The highest BCUT2D eigenvalue weighted by atomic mass is 16.5. The molecule has 0 atom stereocenters. The number of unbranched alkanes of at least 4 members (excludes halogenated alkanes) is 4. The third-order valence-corrected chi connectivity index (χ3v) is 1.70. The first kappa shape index (κ1) is 10.9. The summed E-state index contributed by atoms with van der Waals surface area (Å²) < 4.78 is 5.22. The molecule has 0 aromatic carbocycles. The van der Waals surface area contributed by atoms with E-state index < -0.39 is 0 Å². The van der Waals surface area contributed by atoms with E-state index in [9.17, 15) is 0 Å². The topological polar surface area (TPSA) is 35.2 Å². The second-order valence-corrected chi connectivity index (χ2v) is 2.75. The summed E-state index contributed by atoms with van der Waals surface area (Å²) in [5, 5.41) is 0. The van der Waals surface area contributed by atoms with E-state index >= 15 is 0 Å². The van der Waals surface area contributed by atoms with Gasteiger partial charge < -0.3 is 10.5 Å². The van der Waals surface area contributed by atoms with E-state index in [1.165, 1.54) is 32.1 Å². The zero-order valence-electron chi connectivity index (χ0n) is 7.64. The molecule has 0 unspecified atom stereocenters. The summed E-state index contributed by atoms with van der Waals surface area (Å²) in [6.45, 7) is 4.65. The molecule has 2 nitrogen and oxygen atoms in total. The second-order valence-electron chi connectivity index (χ2n) is 2.75. The van der Waals surface area contributed by atoms with Crippen molar-refractivity contribution < 1.29 is 4.74 Å². The predicted molar refractivity (Wildman–Crippen MR) is 48.6 cm³/mol. The molecule has 2 N–H and O–H groups in total. The summed E-state index contributed by atoms with van der Waals surface area (Å²) in [5.41, 5.74) is 5.37. The lowest BCUT2D eigenvalue weighted by molar-refractivity contribution is 0.143. The number of rotatable bonds is 8. The van der Waals surface area contributed by atoms with E-state index in [4.69, 9.17) is 10.5 Å². The number of nitrogens with two attached hydrogens (primary N) is 1. The third-order valence-electron chi connectivity index (χ3n) is 1.70. The van der Waals surface area contributed by atoms with Crippen LogP contribution in [0.3, 0.4) is 0 Å². The number of ether oxygens (including phenoxy) is 1. The molecule has 68 valence electrons. The van der Waals surface area contributed by atoms with Crippen LogP contribution in [0.2, 0.25) is 0 Å². The lowest BCUT2D eigenvalue weighted by atomic mass is 10.1. The van der Waals surface area contributed by atoms with Gasteiger partial charge in [0, 0.05) is 13.2 Å². The Kier molecular flexibility index (Phi) is 9.85. The van der Waals surface area contributed by atoms with Crippen molar-refractivity contribution in [3.63, 3.8) is 0 Å². The first-order chi connectivity index (χ1) is 5.41. The van der Waals surface area contributed by atoms with Gasteiger partial charge in [-0.05, 0) is 26.3 Å². The molecule has 0 rings (SSSR count). The molecule has 0 bridgehead atoms. The maximum atomic E-state index is 5.37. The minimum absolute atomic E-state index is 0.839. The minimum atomic E-state index is 0.839. The van der Waals surface area contributed by atoms with Crippen LogP contribution in [0.5, 0.6) is 0 Å². The summed E-state index contributed by atoms with van der Waals surface area (Å²) in [6, 6.07) is 0. The summed E-state index contributed by atoms with van der Waals surface area (Å²) >= 11 is 0. The van der Waals surface area contributed by atoms with Gasteiger partial charge in [0.1, 0.15) is 0 Å². The van der Waals surface area contributed by atoms with Crippen LogP contribution in [0, 0.1) is 0 Å². The van der Waals surface area contributed by atoms with Crippen molar-refractivity contribution in [2.24, 2.45) is 5.73 Å². The van der Waals surface area contributed by atoms with Gasteiger partial charge in [0.05, 0.1) is 0 Å². The Bertz CT molecular complexity index is 58.6. The molecule has 0 aliphatic carbocycles. The second kappa shape index (κ2) is 9.92. The lowest BCUT2D eigenvalue weighted by Crippen LogP contribution is -1.98. The van der Waals surface area contributed by atoms with Crippen molar-refractivity contribution in [3.8, 4) is 0 Å². The van der Waals surface area contributed by atoms with Gasteiger partial charge in [-0.15, -0.1) is 0 Å². The largest absolute Gasteiger partial charge is 0.382 e. The number of hydrogen-bond donors (Lipinski definition) is 1. The zero-order chi connectivity index (χ0) is 8.36. The maximum absolute atomic E-state index is 5.37. The average molecular weight is 159 g/mol. The van der Waals surface area contributed by atoms with Gasteiger partial charge in [-0.1, -0.05) is 19.3 Å². The van der Waals surface area contributed by atoms with Crippen LogP contribution >= 0.6 is 0 Å².